The van der Waals surface area contributed by atoms with Gasteiger partial charge in [0.15, 0.2) is 0 Å². The number of halogens is 3. The molecule has 70 valence electrons. The molecule has 0 unspecified atom stereocenters. The van der Waals surface area contributed by atoms with Gasteiger partial charge in [0.1, 0.15) is 0 Å². The maximum Gasteiger partial charge on any atom is 0.216 e. The van der Waals surface area contributed by atoms with Crippen LogP contribution in [0.5, 0.6) is 0 Å². The molecule has 0 heterocycles. The molecule has 1 aromatic carbocycles. The fourth-order valence-corrected chi connectivity index (χ4v) is 2.10. The predicted molar refractivity (Wildman–Crippen MR) is 57.7 cm³/mol. The molecule has 0 amide bonds. The molecule has 0 bridgehead atoms. The highest BCUT2D eigenvalue weighted by Crippen LogP contribution is 2.39. The second-order valence-electron chi connectivity index (χ2n) is 3.33. The number of fused-ring (bicyclic) bond motifs is 1. The normalized spacial score (nSPS) is 15.9. The Kier molecular flexibility index (Phi) is 2.48. The third-order valence-corrected chi connectivity index (χ3v) is 3.08. The summed E-state index contributed by atoms with van der Waals surface area (Å²) in [7, 11) is 0. The van der Waals surface area contributed by atoms with Gasteiger partial charge in [-0.1, -0.05) is 53.0 Å². The molecule has 0 fully saturated rings. The smallest absolute Gasteiger partial charge is 0.0784 e. The number of hydrogen-bond acceptors (Lipinski definition) is 0. The van der Waals surface area contributed by atoms with Gasteiger partial charge >= 0.3 is 0 Å². The van der Waals surface area contributed by atoms with E-state index in [1.54, 1.807) is 0 Å². The Morgan fingerprint density at radius 1 is 1.00 bits per heavy atom. The predicted octanol–water partition coefficient (Wildman–Crippen LogP) is 4.00. The minimum atomic E-state index is -1.28. The van der Waals surface area contributed by atoms with Crippen LogP contribution in [0.3, 0.4) is 0 Å². The van der Waals surface area contributed by atoms with E-state index in [-0.39, 0.29) is 0 Å². The van der Waals surface area contributed by atoms with Crippen molar-refractivity contribution in [2.75, 3.05) is 0 Å². The van der Waals surface area contributed by atoms with Crippen LogP contribution < -0.4 is 0 Å². The van der Waals surface area contributed by atoms with Crippen LogP contribution >= 0.6 is 34.8 Å². The number of rotatable bonds is 0. The quantitative estimate of drug-likeness (QED) is 0.596. The standard InChI is InChI=1S/C10H9Cl3/c11-10(12,13)9-5-4-7-2-1-3-8(7)6-9/h4-6H,1-3H2. The first kappa shape index (κ1) is 9.64. The molecular formula is C10H9Cl3. The molecule has 0 atom stereocenters. The van der Waals surface area contributed by atoms with Gasteiger partial charge < -0.3 is 0 Å². The van der Waals surface area contributed by atoms with Crippen molar-refractivity contribution in [2.24, 2.45) is 0 Å². The van der Waals surface area contributed by atoms with E-state index in [0.29, 0.717) is 0 Å². The second-order valence-corrected chi connectivity index (χ2v) is 5.62. The Morgan fingerprint density at radius 3 is 2.38 bits per heavy atom. The van der Waals surface area contributed by atoms with Crippen molar-refractivity contribution < 1.29 is 0 Å². The maximum atomic E-state index is 5.79. The van der Waals surface area contributed by atoms with Gasteiger partial charge in [0.25, 0.3) is 0 Å². The van der Waals surface area contributed by atoms with Crippen LogP contribution in [0, 0.1) is 0 Å². The lowest BCUT2D eigenvalue weighted by Crippen LogP contribution is -2.00. The molecule has 0 nitrogen and oxygen atoms in total. The number of alkyl halides is 3. The summed E-state index contributed by atoms with van der Waals surface area (Å²) in [6, 6.07) is 5.98. The van der Waals surface area contributed by atoms with E-state index in [4.69, 9.17) is 34.8 Å². The van der Waals surface area contributed by atoms with Crippen molar-refractivity contribution in [3.63, 3.8) is 0 Å². The third kappa shape index (κ3) is 1.96. The van der Waals surface area contributed by atoms with Crippen LogP contribution in [-0.2, 0) is 16.6 Å². The number of aryl methyl sites for hydroxylation is 2. The Balaban J connectivity index is 2.42. The lowest BCUT2D eigenvalue weighted by Gasteiger charge is -2.12. The van der Waals surface area contributed by atoms with Crippen LogP contribution in [0.4, 0.5) is 0 Å². The Morgan fingerprint density at radius 2 is 1.69 bits per heavy atom. The first-order valence-corrected chi connectivity index (χ1v) is 5.40. The summed E-state index contributed by atoms with van der Waals surface area (Å²) >= 11 is 17.4. The molecule has 0 N–H and O–H groups in total. The molecule has 0 spiro atoms. The van der Waals surface area contributed by atoms with Crippen molar-refractivity contribution in [3.8, 4) is 0 Å². The molecule has 13 heavy (non-hydrogen) atoms. The second kappa shape index (κ2) is 3.34. The molecule has 1 aromatic rings. The SMILES string of the molecule is ClC(Cl)(Cl)c1ccc2c(c1)CCC2. The maximum absolute atomic E-state index is 5.79. The Labute approximate surface area is 92.8 Å². The zero-order valence-corrected chi connectivity index (χ0v) is 9.26. The summed E-state index contributed by atoms with van der Waals surface area (Å²) in [5.74, 6) is 0. The lowest BCUT2D eigenvalue weighted by molar-refractivity contribution is 0.911. The largest absolute Gasteiger partial charge is 0.216 e. The highest BCUT2D eigenvalue weighted by atomic mass is 35.6. The number of hydrogen-bond donors (Lipinski definition) is 0. The first-order chi connectivity index (χ1) is 6.07. The molecule has 3 heteroatoms. The summed E-state index contributed by atoms with van der Waals surface area (Å²) < 4.78 is -1.28. The fraction of sp³-hybridized carbons (Fsp3) is 0.400. The van der Waals surface area contributed by atoms with Crippen LogP contribution in [-0.4, -0.2) is 0 Å². The van der Waals surface area contributed by atoms with Crippen molar-refractivity contribution in [2.45, 2.75) is 23.1 Å². The summed E-state index contributed by atoms with van der Waals surface area (Å²) in [4.78, 5) is 0. The first-order valence-electron chi connectivity index (χ1n) is 4.26. The van der Waals surface area contributed by atoms with E-state index in [0.717, 1.165) is 18.4 Å². The summed E-state index contributed by atoms with van der Waals surface area (Å²) in [6.07, 6.45) is 3.50. The zero-order chi connectivity index (χ0) is 9.47. The minimum absolute atomic E-state index is 0.776. The summed E-state index contributed by atoms with van der Waals surface area (Å²) in [5, 5.41) is 0. The highest BCUT2D eigenvalue weighted by molar-refractivity contribution is 6.66. The van der Waals surface area contributed by atoms with E-state index >= 15 is 0 Å². The Hall–Kier alpha value is 0.0900. The highest BCUT2D eigenvalue weighted by Gasteiger charge is 2.24. The van der Waals surface area contributed by atoms with Crippen LogP contribution in [0.2, 0.25) is 0 Å². The van der Waals surface area contributed by atoms with E-state index in [1.165, 1.54) is 17.5 Å². The third-order valence-electron chi connectivity index (χ3n) is 2.43. The monoisotopic (exact) mass is 234 g/mol. The lowest BCUT2D eigenvalue weighted by atomic mass is 10.1. The van der Waals surface area contributed by atoms with E-state index in [2.05, 4.69) is 6.07 Å². The Bertz CT molecular complexity index is 325. The molecule has 2 rings (SSSR count). The molecular weight excluding hydrogens is 226 g/mol. The van der Waals surface area contributed by atoms with Gasteiger partial charge in [-0.2, -0.15) is 0 Å². The van der Waals surface area contributed by atoms with Crippen molar-refractivity contribution in [3.05, 3.63) is 34.9 Å². The topological polar surface area (TPSA) is 0 Å². The van der Waals surface area contributed by atoms with Crippen LogP contribution in [0.1, 0.15) is 23.1 Å². The van der Waals surface area contributed by atoms with Crippen LogP contribution in [0.15, 0.2) is 18.2 Å². The summed E-state index contributed by atoms with van der Waals surface area (Å²) in [6.45, 7) is 0. The zero-order valence-electron chi connectivity index (χ0n) is 6.99. The van der Waals surface area contributed by atoms with Gasteiger partial charge in [0.05, 0.1) is 0 Å². The van der Waals surface area contributed by atoms with Crippen molar-refractivity contribution in [1.29, 1.82) is 0 Å². The number of benzene rings is 1. The minimum Gasteiger partial charge on any atom is -0.0784 e. The molecule has 1 aliphatic rings. The van der Waals surface area contributed by atoms with Crippen molar-refractivity contribution in [1.82, 2.24) is 0 Å². The van der Waals surface area contributed by atoms with E-state index < -0.39 is 3.79 Å². The fourth-order valence-electron chi connectivity index (χ4n) is 1.75. The molecule has 0 saturated heterocycles. The van der Waals surface area contributed by atoms with E-state index in [1.807, 2.05) is 12.1 Å². The van der Waals surface area contributed by atoms with Gasteiger partial charge in [0.2, 0.25) is 3.79 Å². The van der Waals surface area contributed by atoms with E-state index in [9.17, 15) is 0 Å². The molecule has 0 aliphatic heterocycles. The van der Waals surface area contributed by atoms with Gasteiger partial charge in [-0.25, -0.2) is 0 Å². The molecule has 0 saturated carbocycles. The van der Waals surface area contributed by atoms with Crippen molar-refractivity contribution >= 4 is 34.8 Å². The van der Waals surface area contributed by atoms with Gasteiger partial charge in [-0.05, 0) is 30.4 Å². The molecule has 0 aromatic heterocycles. The summed E-state index contributed by atoms with van der Waals surface area (Å²) in [5.41, 5.74) is 3.51. The average Bonchev–Trinajstić information content (AvgIpc) is 2.47. The molecule has 1 aliphatic carbocycles. The van der Waals surface area contributed by atoms with Gasteiger partial charge in [-0.15, -0.1) is 0 Å². The molecule has 0 radical (unpaired) electrons. The average molecular weight is 236 g/mol. The van der Waals surface area contributed by atoms with Crippen LogP contribution in [0.25, 0.3) is 0 Å². The van der Waals surface area contributed by atoms with Gasteiger partial charge in [-0.3, -0.25) is 0 Å². The van der Waals surface area contributed by atoms with Gasteiger partial charge in [0, 0.05) is 5.56 Å².